The summed E-state index contributed by atoms with van der Waals surface area (Å²) in [6, 6.07) is 7.40. The van der Waals surface area contributed by atoms with E-state index in [2.05, 4.69) is 58.1 Å². The third kappa shape index (κ3) is 8.34. The van der Waals surface area contributed by atoms with Crippen molar-refractivity contribution in [3.05, 3.63) is 57.9 Å². The van der Waals surface area contributed by atoms with Crippen molar-refractivity contribution in [2.24, 2.45) is 0 Å². The van der Waals surface area contributed by atoms with E-state index < -0.39 is 17.8 Å². The Morgan fingerprint density at radius 1 is 0.978 bits per heavy atom. The van der Waals surface area contributed by atoms with E-state index in [1.165, 1.54) is 30.5 Å². The van der Waals surface area contributed by atoms with Crippen LogP contribution in [0.3, 0.4) is 0 Å². The molecular formula is C31H38BrF4N7O2. The second-order valence-electron chi connectivity index (χ2n) is 12.1. The van der Waals surface area contributed by atoms with Gasteiger partial charge in [0.1, 0.15) is 11.6 Å². The highest BCUT2D eigenvalue weighted by Gasteiger charge is 2.34. The van der Waals surface area contributed by atoms with Gasteiger partial charge in [0.05, 0.1) is 15.8 Å². The Bertz CT molecular complexity index is 1500. The lowest BCUT2D eigenvalue weighted by molar-refractivity contribution is -0.274. The van der Waals surface area contributed by atoms with Crippen molar-refractivity contribution in [3.63, 3.8) is 0 Å². The van der Waals surface area contributed by atoms with E-state index in [1.54, 1.807) is 26.8 Å². The molecule has 0 bridgehead atoms. The highest BCUT2D eigenvalue weighted by atomic mass is 79.9. The minimum atomic E-state index is -4.88. The molecule has 0 saturated carbocycles. The number of benzene rings is 2. The van der Waals surface area contributed by atoms with Crippen molar-refractivity contribution in [2.75, 3.05) is 61.8 Å². The molecule has 0 atom stereocenters. The molecule has 5 rings (SSSR count). The second kappa shape index (κ2) is 13.3. The molecule has 3 heterocycles. The van der Waals surface area contributed by atoms with Crippen LogP contribution in [0, 0.1) is 12.7 Å². The van der Waals surface area contributed by atoms with Gasteiger partial charge in [0.25, 0.3) is 0 Å². The summed E-state index contributed by atoms with van der Waals surface area (Å²) in [7, 11) is 2.11. The van der Waals surface area contributed by atoms with Crippen LogP contribution in [0.4, 0.5) is 46.4 Å². The molecule has 244 valence electrons. The number of piperazine rings is 1. The number of aliphatic hydroxyl groups is 1. The van der Waals surface area contributed by atoms with Gasteiger partial charge in [0.2, 0.25) is 5.95 Å². The lowest BCUT2D eigenvalue weighted by Gasteiger charge is -2.42. The summed E-state index contributed by atoms with van der Waals surface area (Å²) in [4.78, 5) is 15.5. The van der Waals surface area contributed by atoms with Crippen molar-refractivity contribution < 1.29 is 27.4 Å². The zero-order valence-electron chi connectivity index (χ0n) is 25.7. The molecule has 14 heteroatoms. The highest BCUT2D eigenvalue weighted by Crippen LogP contribution is 2.40. The molecule has 0 aliphatic carbocycles. The molecule has 2 fully saturated rings. The molecule has 2 aromatic carbocycles. The van der Waals surface area contributed by atoms with Crippen LogP contribution in [0.1, 0.15) is 37.8 Å². The van der Waals surface area contributed by atoms with Crippen molar-refractivity contribution >= 4 is 44.8 Å². The van der Waals surface area contributed by atoms with E-state index in [0.717, 1.165) is 39.0 Å². The Kier molecular flexibility index (Phi) is 9.78. The van der Waals surface area contributed by atoms with E-state index in [9.17, 15) is 22.7 Å². The van der Waals surface area contributed by atoms with E-state index in [-0.39, 0.29) is 17.5 Å². The number of rotatable bonds is 8. The van der Waals surface area contributed by atoms with Gasteiger partial charge in [-0.05, 0) is 80.4 Å². The lowest BCUT2D eigenvalue weighted by Crippen LogP contribution is -2.52. The Balaban J connectivity index is 1.37. The molecule has 2 aliphatic rings. The number of hydrogen-bond donors (Lipinski definition) is 3. The van der Waals surface area contributed by atoms with Crippen LogP contribution in [-0.4, -0.2) is 83.6 Å². The number of aryl methyl sites for hydroxylation is 1. The van der Waals surface area contributed by atoms with E-state index >= 15 is 0 Å². The molecule has 1 aromatic heterocycles. The summed E-state index contributed by atoms with van der Waals surface area (Å²) < 4.78 is 59.8. The number of halogens is 5. The van der Waals surface area contributed by atoms with Gasteiger partial charge in [-0.2, -0.15) is 4.98 Å². The summed E-state index contributed by atoms with van der Waals surface area (Å²) in [5, 5.41) is 16.6. The number of nitrogens with zero attached hydrogens (tertiary/aromatic N) is 5. The first kappa shape index (κ1) is 33.2. The van der Waals surface area contributed by atoms with Crippen molar-refractivity contribution in [3.8, 4) is 5.75 Å². The van der Waals surface area contributed by atoms with Crippen molar-refractivity contribution in [2.45, 2.75) is 51.6 Å². The first-order valence-corrected chi connectivity index (χ1v) is 15.6. The number of hydrogen-bond acceptors (Lipinski definition) is 9. The van der Waals surface area contributed by atoms with Crippen LogP contribution < -0.4 is 20.3 Å². The maximum Gasteiger partial charge on any atom is 0.573 e. The SMILES string of the molecule is Cc1cc(N2CCC(N3CCN(C)CC3)CC2)c(OC(F)(F)F)cc1Nc1ncc(Br)c(Nc2cc(F)ccc2C(C)(C)O)n1. The fourth-order valence-corrected chi connectivity index (χ4v) is 6.13. The number of aromatic nitrogens is 2. The minimum absolute atomic E-state index is 0.0868. The molecule has 9 nitrogen and oxygen atoms in total. The first-order chi connectivity index (χ1) is 21.2. The standard InChI is InChI=1S/C31H38BrF4N7O2/c1-19-15-26(43-9-7-21(8-10-43)42-13-11-41(4)12-14-42)27(45-31(34,35)36)17-24(19)39-29-37-18-23(32)28(40-29)38-25-16-20(33)5-6-22(25)30(2,3)44/h5-6,15-18,21,44H,7-14H2,1-4H3,(H2,37,38,39,40). The third-order valence-corrected chi connectivity index (χ3v) is 8.86. The van der Waals surface area contributed by atoms with Gasteiger partial charge in [-0.25, -0.2) is 9.37 Å². The highest BCUT2D eigenvalue weighted by molar-refractivity contribution is 9.10. The van der Waals surface area contributed by atoms with Crippen LogP contribution in [0.2, 0.25) is 0 Å². The van der Waals surface area contributed by atoms with Gasteiger partial charge in [0.15, 0.2) is 5.75 Å². The zero-order chi connectivity index (χ0) is 32.5. The fraction of sp³-hybridized carbons (Fsp3) is 0.484. The molecule has 0 unspecified atom stereocenters. The quantitative estimate of drug-likeness (QED) is 0.228. The third-order valence-electron chi connectivity index (χ3n) is 8.28. The van der Waals surface area contributed by atoms with Gasteiger partial charge in [-0.3, -0.25) is 4.90 Å². The normalized spacial score (nSPS) is 17.4. The van der Waals surface area contributed by atoms with Crippen LogP contribution in [0.5, 0.6) is 5.75 Å². The summed E-state index contributed by atoms with van der Waals surface area (Å²) in [5.41, 5.74) is 0.862. The molecular weight excluding hydrogens is 658 g/mol. The smallest absolute Gasteiger partial charge is 0.403 e. The number of alkyl halides is 3. The minimum Gasteiger partial charge on any atom is -0.403 e. The van der Waals surface area contributed by atoms with Crippen molar-refractivity contribution in [1.29, 1.82) is 0 Å². The molecule has 0 radical (unpaired) electrons. The van der Waals surface area contributed by atoms with Crippen molar-refractivity contribution in [1.82, 2.24) is 19.8 Å². The molecule has 0 spiro atoms. The van der Waals surface area contributed by atoms with Gasteiger partial charge >= 0.3 is 6.36 Å². The van der Waals surface area contributed by atoms with Crippen LogP contribution in [0.25, 0.3) is 0 Å². The lowest BCUT2D eigenvalue weighted by atomic mass is 9.96. The molecule has 2 saturated heterocycles. The summed E-state index contributed by atoms with van der Waals surface area (Å²) in [6.45, 7) is 10.2. The first-order valence-electron chi connectivity index (χ1n) is 14.8. The zero-order valence-corrected chi connectivity index (χ0v) is 27.3. The molecule has 3 aromatic rings. The average Bonchev–Trinajstić information content (AvgIpc) is 2.95. The van der Waals surface area contributed by atoms with Crippen LogP contribution in [0.15, 0.2) is 41.0 Å². The largest absolute Gasteiger partial charge is 0.573 e. The van der Waals surface area contributed by atoms with Gasteiger partial charge in [-0.1, -0.05) is 6.07 Å². The summed E-state index contributed by atoms with van der Waals surface area (Å²) in [5.74, 6) is -0.472. The summed E-state index contributed by atoms with van der Waals surface area (Å²) >= 11 is 3.38. The fourth-order valence-electron chi connectivity index (χ4n) is 5.84. The summed E-state index contributed by atoms with van der Waals surface area (Å²) in [6.07, 6.45) is -1.70. The Hall–Kier alpha value is -3.20. The predicted molar refractivity (Wildman–Crippen MR) is 170 cm³/mol. The predicted octanol–water partition coefficient (Wildman–Crippen LogP) is 6.52. The Labute approximate surface area is 268 Å². The van der Waals surface area contributed by atoms with Crippen LogP contribution >= 0.6 is 15.9 Å². The topological polar surface area (TPSA) is 89.0 Å². The maximum atomic E-state index is 14.1. The number of anilines is 5. The average molecular weight is 697 g/mol. The number of likely N-dealkylation sites (N-methyl/N-ethyl adjacent to an activating group) is 1. The Morgan fingerprint density at radius 3 is 2.31 bits per heavy atom. The molecule has 3 N–H and O–H groups in total. The van der Waals surface area contributed by atoms with E-state index in [0.29, 0.717) is 51.8 Å². The monoisotopic (exact) mass is 695 g/mol. The Morgan fingerprint density at radius 2 is 1.67 bits per heavy atom. The second-order valence-corrected chi connectivity index (χ2v) is 13.0. The van der Waals surface area contributed by atoms with Crippen LogP contribution in [-0.2, 0) is 5.60 Å². The van der Waals surface area contributed by atoms with Gasteiger partial charge < -0.3 is 30.3 Å². The number of ether oxygens (including phenoxy) is 1. The molecule has 2 aliphatic heterocycles. The number of piperidine rings is 1. The van der Waals surface area contributed by atoms with Gasteiger partial charge in [0, 0.05) is 74.5 Å². The molecule has 0 amide bonds. The molecule has 45 heavy (non-hydrogen) atoms. The van der Waals surface area contributed by atoms with Gasteiger partial charge in [-0.15, -0.1) is 13.2 Å². The maximum absolute atomic E-state index is 14.1. The van der Waals surface area contributed by atoms with E-state index in [1.807, 2.05) is 4.90 Å². The van der Waals surface area contributed by atoms with E-state index in [4.69, 9.17) is 0 Å². The number of nitrogens with one attached hydrogen (secondary N) is 2.